The molecule has 21 heavy (non-hydrogen) atoms. The first-order chi connectivity index (χ1) is 9.95. The maximum atomic E-state index is 14.2. The third-order valence-electron chi connectivity index (χ3n) is 3.23. The molecule has 1 aromatic rings. The Morgan fingerprint density at radius 3 is 2.67 bits per heavy atom. The van der Waals surface area contributed by atoms with Crippen LogP contribution in [0.3, 0.4) is 0 Å². The van der Waals surface area contributed by atoms with Gasteiger partial charge >= 0.3 is 0 Å². The fourth-order valence-electron chi connectivity index (χ4n) is 1.94. The Labute approximate surface area is 126 Å². The van der Waals surface area contributed by atoms with Gasteiger partial charge in [0.1, 0.15) is 0 Å². The second-order valence-corrected chi connectivity index (χ2v) is 5.79. The Morgan fingerprint density at radius 2 is 2.05 bits per heavy atom. The molecule has 0 radical (unpaired) electrons. The van der Waals surface area contributed by atoms with Gasteiger partial charge in [0.05, 0.1) is 5.56 Å². The zero-order chi connectivity index (χ0) is 15.8. The number of carbonyl (C=O) groups excluding carboxylic acids is 1. The molecule has 0 aliphatic rings. The van der Waals surface area contributed by atoms with Crippen LogP contribution >= 0.6 is 0 Å². The fourth-order valence-corrected chi connectivity index (χ4v) is 1.94. The number of hydrogen-bond donors (Lipinski definition) is 2. The number of nitrogens with zero attached hydrogens (tertiary/aromatic N) is 1. The van der Waals surface area contributed by atoms with E-state index in [1.54, 1.807) is 0 Å². The van der Waals surface area contributed by atoms with E-state index >= 15 is 0 Å². The molecule has 0 saturated carbocycles. The lowest BCUT2D eigenvalue weighted by Crippen LogP contribution is -2.33. The molecule has 118 valence electrons. The van der Waals surface area contributed by atoms with E-state index in [9.17, 15) is 9.18 Å². The molecule has 1 unspecified atom stereocenters. The Hall–Kier alpha value is -1.65. The number of pyridine rings is 1. The zero-order valence-corrected chi connectivity index (χ0v) is 13.4. The Balaban J connectivity index is 2.69. The van der Waals surface area contributed by atoms with Crippen LogP contribution in [0.1, 0.15) is 57.3 Å². The van der Waals surface area contributed by atoms with Crippen LogP contribution < -0.4 is 10.6 Å². The highest BCUT2D eigenvalue weighted by Crippen LogP contribution is 2.15. The second-order valence-electron chi connectivity index (χ2n) is 5.79. The van der Waals surface area contributed by atoms with Crippen molar-refractivity contribution in [2.45, 2.75) is 53.0 Å². The highest BCUT2D eigenvalue weighted by molar-refractivity contribution is 5.95. The summed E-state index contributed by atoms with van der Waals surface area (Å²) in [6.45, 7) is 8.83. The van der Waals surface area contributed by atoms with Crippen LogP contribution in [0.2, 0.25) is 0 Å². The number of nitrogens with one attached hydrogen (secondary N) is 2. The van der Waals surface area contributed by atoms with E-state index in [2.05, 4.69) is 29.5 Å². The highest BCUT2D eigenvalue weighted by Gasteiger charge is 2.17. The molecule has 0 aromatic carbocycles. The lowest BCUT2D eigenvalue weighted by atomic mass is 10.0. The molecule has 1 amide bonds. The van der Waals surface area contributed by atoms with Crippen LogP contribution in [0, 0.1) is 11.7 Å². The molecule has 0 bridgehead atoms. The number of anilines is 1. The van der Waals surface area contributed by atoms with Crippen molar-refractivity contribution in [2.75, 3.05) is 11.9 Å². The van der Waals surface area contributed by atoms with Crippen molar-refractivity contribution in [3.63, 3.8) is 0 Å². The summed E-state index contributed by atoms with van der Waals surface area (Å²) in [7, 11) is 0. The first kappa shape index (κ1) is 17.4. The molecular weight excluding hydrogens is 269 g/mol. The Bertz CT molecular complexity index is 463. The standard InChI is InChI=1S/C16H26FN3O/c1-5-9-18-15-14(17)13(8-10-19-15)16(21)20-12(4)7-6-11(2)3/h8,10-12H,5-7,9H2,1-4H3,(H,18,19)(H,20,21). The quantitative estimate of drug-likeness (QED) is 0.770. The summed E-state index contributed by atoms with van der Waals surface area (Å²) in [5.74, 6) is -0.239. The largest absolute Gasteiger partial charge is 0.368 e. The average molecular weight is 295 g/mol. The molecular formula is C16H26FN3O. The number of amides is 1. The molecule has 4 nitrogen and oxygen atoms in total. The summed E-state index contributed by atoms with van der Waals surface area (Å²) in [5.41, 5.74) is 0.0417. The summed E-state index contributed by atoms with van der Waals surface area (Å²) < 4.78 is 14.2. The third-order valence-corrected chi connectivity index (χ3v) is 3.23. The van der Waals surface area contributed by atoms with Gasteiger partial charge in [0.15, 0.2) is 11.6 Å². The monoisotopic (exact) mass is 295 g/mol. The van der Waals surface area contributed by atoms with Gasteiger partial charge in [-0.15, -0.1) is 0 Å². The lowest BCUT2D eigenvalue weighted by Gasteiger charge is -2.16. The first-order valence-corrected chi connectivity index (χ1v) is 7.64. The van der Waals surface area contributed by atoms with Gasteiger partial charge in [-0.25, -0.2) is 9.37 Å². The number of hydrogen-bond acceptors (Lipinski definition) is 3. The van der Waals surface area contributed by atoms with Crippen LogP contribution in [0.15, 0.2) is 12.3 Å². The molecule has 0 aliphatic carbocycles. The molecule has 1 rings (SSSR count). The molecule has 1 atom stereocenters. The van der Waals surface area contributed by atoms with Crippen molar-refractivity contribution in [2.24, 2.45) is 5.92 Å². The minimum Gasteiger partial charge on any atom is -0.368 e. The van der Waals surface area contributed by atoms with E-state index < -0.39 is 5.82 Å². The first-order valence-electron chi connectivity index (χ1n) is 7.64. The molecule has 0 spiro atoms. The summed E-state index contributed by atoms with van der Waals surface area (Å²) >= 11 is 0. The smallest absolute Gasteiger partial charge is 0.254 e. The number of aromatic nitrogens is 1. The van der Waals surface area contributed by atoms with Crippen LogP contribution in [0.25, 0.3) is 0 Å². The topological polar surface area (TPSA) is 54.0 Å². The second kappa shape index (κ2) is 8.60. The molecule has 0 saturated heterocycles. The van der Waals surface area contributed by atoms with Crippen LogP contribution in [0.5, 0.6) is 0 Å². The van der Waals surface area contributed by atoms with Crippen LogP contribution in [0.4, 0.5) is 10.2 Å². The highest BCUT2D eigenvalue weighted by atomic mass is 19.1. The van der Waals surface area contributed by atoms with E-state index in [0.717, 1.165) is 19.3 Å². The van der Waals surface area contributed by atoms with Gasteiger partial charge in [0.25, 0.3) is 5.91 Å². The van der Waals surface area contributed by atoms with Gasteiger partial charge in [0.2, 0.25) is 0 Å². The summed E-state index contributed by atoms with van der Waals surface area (Å²) in [5, 5.41) is 5.73. The fraction of sp³-hybridized carbons (Fsp3) is 0.625. The molecule has 1 heterocycles. The van der Waals surface area contributed by atoms with E-state index in [1.807, 2.05) is 13.8 Å². The number of carbonyl (C=O) groups is 1. The summed E-state index contributed by atoms with van der Waals surface area (Å²) in [6.07, 6.45) is 4.24. The van der Waals surface area contributed by atoms with Crippen LogP contribution in [-0.4, -0.2) is 23.5 Å². The number of halogens is 1. The predicted octanol–water partition coefficient (Wildman–Crippen LogP) is 3.60. The van der Waals surface area contributed by atoms with Gasteiger partial charge < -0.3 is 10.6 Å². The van der Waals surface area contributed by atoms with E-state index in [1.165, 1.54) is 12.3 Å². The van der Waals surface area contributed by atoms with Crippen molar-refractivity contribution in [3.8, 4) is 0 Å². The van der Waals surface area contributed by atoms with E-state index in [-0.39, 0.29) is 23.3 Å². The minimum absolute atomic E-state index is 0.0273. The van der Waals surface area contributed by atoms with Crippen LogP contribution in [-0.2, 0) is 0 Å². The predicted molar refractivity (Wildman–Crippen MR) is 84.0 cm³/mol. The van der Waals surface area contributed by atoms with E-state index in [0.29, 0.717) is 12.5 Å². The molecule has 0 aliphatic heterocycles. The molecule has 1 aromatic heterocycles. The molecule has 5 heteroatoms. The summed E-state index contributed by atoms with van der Waals surface area (Å²) in [4.78, 5) is 16.1. The van der Waals surface area contributed by atoms with Gasteiger partial charge in [-0.1, -0.05) is 20.8 Å². The van der Waals surface area contributed by atoms with Gasteiger partial charge in [-0.3, -0.25) is 4.79 Å². The maximum absolute atomic E-state index is 14.2. The Morgan fingerprint density at radius 1 is 1.33 bits per heavy atom. The minimum atomic E-state index is -0.584. The van der Waals surface area contributed by atoms with Gasteiger partial charge in [-0.05, 0) is 38.2 Å². The van der Waals surface area contributed by atoms with Crippen molar-refractivity contribution >= 4 is 11.7 Å². The normalized spacial score (nSPS) is 12.3. The zero-order valence-electron chi connectivity index (χ0n) is 13.4. The number of rotatable bonds is 8. The maximum Gasteiger partial charge on any atom is 0.254 e. The van der Waals surface area contributed by atoms with Gasteiger partial charge in [0, 0.05) is 18.8 Å². The Kier molecular flexibility index (Phi) is 7.12. The van der Waals surface area contributed by atoms with Crippen molar-refractivity contribution in [1.82, 2.24) is 10.3 Å². The van der Waals surface area contributed by atoms with Gasteiger partial charge in [-0.2, -0.15) is 0 Å². The van der Waals surface area contributed by atoms with Crippen molar-refractivity contribution < 1.29 is 9.18 Å². The third kappa shape index (κ3) is 5.69. The molecule has 0 fully saturated rings. The van der Waals surface area contributed by atoms with E-state index in [4.69, 9.17) is 0 Å². The molecule has 2 N–H and O–H groups in total. The SMILES string of the molecule is CCCNc1nccc(C(=O)NC(C)CCC(C)C)c1F. The van der Waals surface area contributed by atoms with Crippen molar-refractivity contribution in [1.29, 1.82) is 0 Å². The summed E-state index contributed by atoms with van der Waals surface area (Å²) in [6, 6.07) is 1.44. The van der Waals surface area contributed by atoms with Crippen molar-refractivity contribution in [3.05, 3.63) is 23.6 Å². The average Bonchev–Trinajstić information content (AvgIpc) is 2.44. The lowest BCUT2D eigenvalue weighted by molar-refractivity contribution is 0.0933.